The van der Waals surface area contributed by atoms with Gasteiger partial charge in [0.2, 0.25) is 0 Å². The van der Waals surface area contributed by atoms with E-state index in [1.54, 1.807) is 0 Å². The number of rotatable bonds is 4. The quantitative estimate of drug-likeness (QED) is 0.835. The molecule has 1 saturated heterocycles. The average molecular weight is 280 g/mol. The Bertz CT molecular complexity index is 300. The summed E-state index contributed by atoms with van der Waals surface area (Å²) < 4.78 is 0. The molecular weight excluding hydrogens is 244 g/mol. The van der Waals surface area contributed by atoms with Crippen LogP contribution in [0.4, 0.5) is 0 Å². The van der Waals surface area contributed by atoms with Crippen molar-refractivity contribution in [1.29, 1.82) is 0 Å². The molecule has 4 unspecified atom stereocenters. The van der Waals surface area contributed by atoms with E-state index in [0.29, 0.717) is 5.41 Å². The van der Waals surface area contributed by atoms with Crippen LogP contribution in [0.3, 0.4) is 0 Å². The number of likely N-dealkylation sites (tertiary alicyclic amines) is 1. The van der Waals surface area contributed by atoms with Crippen molar-refractivity contribution in [3.63, 3.8) is 0 Å². The number of nitrogens with one attached hydrogen (secondary N) is 1. The maximum atomic E-state index is 3.77. The van der Waals surface area contributed by atoms with Gasteiger partial charge in [0.05, 0.1) is 0 Å². The SMILES string of the molecule is CCCNC1CCN(C2CCCCC2(C)C)C(C)C1C. The molecule has 0 radical (unpaired) electrons. The van der Waals surface area contributed by atoms with Crippen molar-refractivity contribution >= 4 is 0 Å². The highest BCUT2D eigenvalue weighted by Crippen LogP contribution is 2.41. The van der Waals surface area contributed by atoms with Crippen molar-refractivity contribution in [2.75, 3.05) is 13.1 Å². The van der Waals surface area contributed by atoms with Crippen molar-refractivity contribution in [2.45, 2.75) is 91.3 Å². The van der Waals surface area contributed by atoms with E-state index >= 15 is 0 Å². The molecule has 0 aromatic carbocycles. The highest BCUT2D eigenvalue weighted by Gasteiger charge is 2.42. The first kappa shape index (κ1) is 16.3. The second kappa shape index (κ2) is 6.79. The predicted molar refractivity (Wildman–Crippen MR) is 88.1 cm³/mol. The van der Waals surface area contributed by atoms with E-state index in [9.17, 15) is 0 Å². The molecule has 1 saturated carbocycles. The topological polar surface area (TPSA) is 15.3 Å². The minimum atomic E-state index is 0.510. The molecular formula is C18H36N2. The zero-order valence-electron chi connectivity index (χ0n) is 14.4. The van der Waals surface area contributed by atoms with Crippen molar-refractivity contribution in [3.05, 3.63) is 0 Å². The van der Waals surface area contributed by atoms with E-state index in [1.165, 1.54) is 51.6 Å². The van der Waals surface area contributed by atoms with E-state index in [0.717, 1.165) is 24.0 Å². The van der Waals surface area contributed by atoms with E-state index in [1.807, 2.05) is 0 Å². The van der Waals surface area contributed by atoms with Crippen LogP contribution in [0.5, 0.6) is 0 Å². The van der Waals surface area contributed by atoms with Crippen LogP contribution in [0.1, 0.15) is 73.1 Å². The Balaban J connectivity index is 2.00. The Hall–Kier alpha value is -0.0800. The third-order valence-corrected chi connectivity index (χ3v) is 6.12. The van der Waals surface area contributed by atoms with Crippen LogP contribution in [0, 0.1) is 11.3 Å². The lowest BCUT2D eigenvalue weighted by atomic mass is 9.71. The Morgan fingerprint density at radius 2 is 1.90 bits per heavy atom. The first-order valence-electron chi connectivity index (χ1n) is 8.96. The Kier molecular flexibility index (Phi) is 5.53. The summed E-state index contributed by atoms with van der Waals surface area (Å²) in [4.78, 5) is 2.86. The fourth-order valence-corrected chi connectivity index (χ4v) is 4.54. The monoisotopic (exact) mass is 280 g/mol. The van der Waals surface area contributed by atoms with Crippen molar-refractivity contribution in [3.8, 4) is 0 Å². The van der Waals surface area contributed by atoms with Crippen LogP contribution < -0.4 is 5.32 Å². The number of hydrogen-bond donors (Lipinski definition) is 1. The van der Waals surface area contributed by atoms with Crippen LogP contribution in [0.2, 0.25) is 0 Å². The maximum absolute atomic E-state index is 3.77. The summed E-state index contributed by atoms with van der Waals surface area (Å²) >= 11 is 0. The largest absolute Gasteiger partial charge is 0.314 e. The van der Waals surface area contributed by atoms with Crippen LogP contribution in [-0.4, -0.2) is 36.1 Å². The van der Waals surface area contributed by atoms with Gasteiger partial charge in [0.15, 0.2) is 0 Å². The molecule has 0 amide bonds. The minimum Gasteiger partial charge on any atom is -0.314 e. The van der Waals surface area contributed by atoms with Crippen LogP contribution >= 0.6 is 0 Å². The smallest absolute Gasteiger partial charge is 0.0149 e. The molecule has 0 aromatic rings. The molecule has 2 aliphatic rings. The summed E-state index contributed by atoms with van der Waals surface area (Å²) in [5, 5.41) is 3.77. The number of piperidine rings is 1. The third kappa shape index (κ3) is 3.39. The summed E-state index contributed by atoms with van der Waals surface area (Å²) in [5.41, 5.74) is 0.510. The number of nitrogens with zero attached hydrogens (tertiary/aromatic N) is 1. The standard InChI is InChI=1S/C18H36N2/c1-6-12-19-16-10-13-20(15(3)14(16)2)17-9-7-8-11-18(17,4)5/h14-17,19H,6-13H2,1-5H3. The van der Waals surface area contributed by atoms with Gasteiger partial charge >= 0.3 is 0 Å². The molecule has 1 heterocycles. The van der Waals surface area contributed by atoms with Crippen molar-refractivity contribution in [1.82, 2.24) is 10.2 Å². The van der Waals surface area contributed by atoms with E-state index in [-0.39, 0.29) is 0 Å². The first-order chi connectivity index (χ1) is 9.47. The fraction of sp³-hybridized carbons (Fsp3) is 1.00. The summed E-state index contributed by atoms with van der Waals surface area (Å²) in [6.45, 7) is 14.7. The molecule has 20 heavy (non-hydrogen) atoms. The second-order valence-electron chi connectivity index (χ2n) is 7.94. The molecule has 4 atom stereocenters. The first-order valence-corrected chi connectivity index (χ1v) is 8.96. The van der Waals surface area contributed by atoms with Gasteiger partial charge in [0.25, 0.3) is 0 Å². The van der Waals surface area contributed by atoms with Gasteiger partial charge in [-0.2, -0.15) is 0 Å². The highest BCUT2D eigenvalue weighted by molar-refractivity contribution is 4.97. The molecule has 0 bridgehead atoms. The molecule has 2 rings (SSSR count). The van der Waals surface area contributed by atoms with Gasteiger partial charge in [-0.3, -0.25) is 4.90 Å². The van der Waals surface area contributed by atoms with Gasteiger partial charge in [0.1, 0.15) is 0 Å². The summed E-state index contributed by atoms with van der Waals surface area (Å²) in [5.74, 6) is 0.771. The Morgan fingerprint density at radius 1 is 1.15 bits per heavy atom. The van der Waals surface area contributed by atoms with Gasteiger partial charge in [-0.05, 0) is 50.5 Å². The highest BCUT2D eigenvalue weighted by atomic mass is 15.2. The van der Waals surface area contributed by atoms with Gasteiger partial charge in [-0.25, -0.2) is 0 Å². The van der Waals surface area contributed by atoms with Crippen molar-refractivity contribution < 1.29 is 0 Å². The molecule has 118 valence electrons. The Labute approximate surface area is 126 Å². The van der Waals surface area contributed by atoms with Gasteiger partial charge < -0.3 is 5.32 Å². The van der Waals surface area contributed by atoms with E-state index in [2.05, 4.69) is 44.8 Å². The zero-order chi connectivity index (χ0) is 14.8. The molecule has 2 heteroatoms. The van der Waals surface area contributed by atoms with E-state index < -0.39 is 0 Å². The second-order valence-corrected chi connectivity index (χ2v) is 7.94. The average Bonchev–Trinajstić information content (AvgIpc) is 2.41. The lowest BCUT2D eigenvalue weighted by Gasteiger charge is -2.52. The normalized spacial score (nSPS) is 38.9. The number of hydrogen-bond acceptors (Lipinski definition) is 2. The molecule has 1 aliphatic carbocycles. The lowest BCUT2D eigenvalue weighted by molar-refractivity contribution is -0.0226. The van der Waals surface area contributed by atoms with Gasteiger partial charge in [-0.1, -0.05) is 40.5 Å². The molecule has 1 N–H and O–H groups in total. The van der Waals surface area contributed by atoms with Crippen LogP contribution in [0.15, 0.2) is 0 Å². The maximum Gasteiger partial charge on any atom is 0.0149 e. The molecule has 0 aromatic heterocycles. The third-order valence-electron chi connectivity index (χ3n) is 6.12. The predicted octanol–water partition coefficient (Wildman–Crippen LogP) is 4.05. The summed E-state index contributed by atoms with van der Waals surface area (Å²) in [7, 11) is 0. The lowest BCUT2D eigenvalue weighted by Crippen LogP contribution is -2.59. The fourth-order valence-electron chi connectivity index (χ4n) is 4.54. The van der Waals surface area contributed by atoms with E-state index in [4.69, 9.17) is 0 Å². The van der Waals surface area contributed by atoms with Gasteiger partial charge in [0, 0.05) is 24.7 Å². The zero-order valence-corrected chi connectivity index (χ0v) is 14.4. The Morgan fingerprint density at radius 3 is 2.55 bits per heavy atom. The molecule has 2 nitrogen and oxygen atoms in total. The summed E-state index contributed by atoms with van der Waals surface area (Å²) in [6, 6.07) is 2.26. The van der Waals surface area contributed by atoms with Gasteiger partial charge in [-0.15, -0.1) is 0 Å². The minimum absolute atomic E-state index is 0.510. The van der Waals surface area contributed by atoms with Crippen molar-refractivity contribution in [2.24, 2.45) is 11.3 Å². The summed E-state index contributed by atoms with van der Waals surface area (Å²) in [6.07, 6.45) is 8.27. The van der Waals surface area contributed by atoms with Crippen LogP contribution in [-0.2, 0) is 0 Å². The molecule has 1 aliphatic heterocycles. The molecule has 2 fully saturated rings. The van der Waals surface area contributed by atoms with Crippen LogP contribution in [0.25, 0.3) is 0 Å². The molecule has 0 spiro atoms.